The van der Waals surface area contributed by atoms with Crippen molar-refractivity contribution in [2.75, 3.05) is 17.1 Å². The third-order valence-electron chi connectivity index (χ3n) is 4.46. The van der Waals surface area contributed by atoms with Gasteiger partial charge in [-0.3, -0.25) is 9.10 Å². The number of nitrogens with one attached hydrogen (secondary N) is 1. The van der Waals surface area contributed by atoms with E-state index in [1.165, 1.54) is 6.07 Å². The zero-order valence-corrected chi connectivity index (χ0v) is 18.5. The first-order valence-electron chi connectivity index (χ1n) is 9.08. The molecule has 3 rings (SSSR count). The van der Waals surface area contributed by atoms with Crippen LogP contribution in [0.4, 0.5) is 5.69 Å². The van der Waals surface area contributed by atoms with Crippen LogP contribution in [0.1, 0.15) is 17.2 Å². The molecule has 5 nitrogen and oxygen atoms in total. The molecule has 0 fully saturated rings. The number of nitrogens with zero attached hydrogens (tertiary/aromatic N) is 1. The molecule has 0 radical (unpaired) electrons. The van der Waals surface area contributed by atoms with Crippen molar-refractivity contribution in [3.8, 4) is 0 Å². The Bertz CT molecular complexity index is 1080. The number of rotatable bonds is 7. The number of benzene rings is 3. The smallest absolute Gasteiger partial charge is 0.241 e. The van der Waals surface area contributed by atoms with Gasteiger partial charge in [0.25, 0.3) is 0 Å². The number of hydrogen-bond donors (Lipinski definition) is 1. The second-order valence-corrected chi connectivity index (χ2v) is 9.36. The SMILES string of the molecule is CS(=O)(=O)N(CC(=O)NC(c1ccccc1)c1ccccc1)c1cccc(Cl)c1Cl. The van der Waals surface area contributed by atoms with Crippen LogP contribution in [0.15, 0.2) is 78.9 Å². The molecule has 0 aliphatic carbocycles. The number of anilines is 1. The minimum atomic E-state index is -3.79. The molecule has 0 aliphatic heterocycles. The van der Waals surface area contributed by atoms with Crippen LogP contribution in [0.2, 0.25) is 10.0 Å². The topological polar surface area (TPSA) is 66.5 Å². The molecule has 3 aromatic rings. The summed E-state index contributed by atoms with van der Waals surface area (Å²) in [6, 6.07) is 23.1. The lowest BCUT2D eigenvalue weighted by atomic mass is 9.99. The summed E-state index contributed by atoms with van der Waals surface area (Å²) in [5, 5.41) is 3.21. The van der Waals surface area contributed by atoms with Crippen molar-refractivity contribution in [3.63, 3.8) is 0 Å². The lowest BCUT2D eigenvalue weighted by molar-refractivity contribution is -0.120. The Balaban J connectivity index is 1.90. The normalized spacial score (nSPS) is 11.3. The maximum atomic E-state index is 12.9. The quantitative estimate of drug-likeness (QED) is 0.554. The Morgan fingerprint density at radius 1 is 0.900 bits per heavy atom. The number of sulfonamides is 1. The first kappa shape index (κ1) is 22.2. The zero-order valence-electron chi connectivity index (χ0n) is 16.1. The van der Waals surface area contributed by atoms with Crippen LogP contribution in [-0.2, 0) is 14.8 Å². The summed E-state index contributed by atoms with van der Waals surface area (Å²) in [5.74, 6) is -0.478. The molecule has 0 spiro atoms. The van der Waals surface area contributed by atoms with E-state index in [4.69, 9.17) is 23.2 Å². The molecule has 0 aliphatic rings. The van der Waals surface area contributed by atoms with Crippen molar-refractivity contribution >= 4 is 44.8 Å². The van der Waals surface area contributed by atoms with Gasteiger partial charge in [-0.1, -0.05) is 89.9 Å². The molecule has 8 heteroatoms. The monoisotopic (exact) mass is 462 g/mol. The van der Waals surface area contributed by atoms with Crippen molar-refractivity contribution in [1.82, 2.24) is 5.32 Å². The molecule has 0 atom stereocenters. The molecule has 1 amide bonds. The standard InChI is InChI=1S/C22H20Cl2N2O3S/c1-30(28,29)26(19-14-8-13-18(23)21(19)24)15-20(27)25-22(16-9-4-2-5-10-16)17-11-6-3-7-12-17/h2-14,22H,15H2,1H3,(H,25,27). The van der Waals surface area contributed by atoms with E-state index in [1.54, 1.807) is 12.1 Å². The summed E-state index contributed by atoms with van der Waals surface area (Å²) in [7, 11) is -3.79. The molecule has 0 unspecified atom stereocenters. The molecular weight excluding hydrogens is 443 g/mol. The number of carbonyl (C=O) groups excluding carboxylic acids is 1. The predicted octanol–water partition coefficient (Wildman–Crippen LogP) is 4.67. The molecule has 30 heavy (non-hydrogen) atoms. The van der Waals surface area contributed by atoms with E-state index in [1.807, 2.05) is 60.7 Å². The van der Waals surface area contributed by atoms with Gasteiger partial charge in [0.2, 0.25) is 15.9 Å². The number of hydrogen-bond acceptors (Lipinski definition) is 3. The van der Waals surface area contributed by atoms with E-state index in [0.717, 1.165) is 21.7 Å². The average molecular weight is 463 g/mol. The van der Waals surface area contributed by atoms with Crippen LogP contribution >= 0.6 is 23.2 Å². The fourth-order valence-corrected chi connectivity index (χ4v) is 4.36. The highest BCUT2D eigenvalue weighted by molar-refractivity contribution is 7.92. The summed E-state index contributed by atoms with van der Waals surface area (Å²) in [6.07, 6.45) is 1.02. The van der Waals surface area contributed by atoms with Gasteiger partial charge in [0, 0.05) is 0 Å². The molecule has 0 aromatic heterocycles. The Morgan fingerprint density at radius 2 is 1.43 bits per heavy atom. The van der Waals surface area contributed by atoms with Gasteiger partial charge in [0.1, 0.15) is 6.54 Å². The average Bonchev–Trinajstić information content (AvgIpc) is 2.73. The molecular formula is C22H20Cl2N2O3S. The van der Waals surface area contributed by atoms with Crippen LogP contribution in [0.3, 0.4) is 0 Å². The highest BCUT2D eigenvalue weighted by atomic mass is 35.5. The van der Waals surface area contributed by atoms with Crippen molar-refractivity contribution in [2.45, 2.75) is 6.04 Å². The van der Waals surface area contributed by atoms with E-state index in [-0.39, 0.29) is 15.7 Å². The maximum Gasteiger partial charge on any atom is 0.241 e. The van der Waals surface area contributed by atoms with Crippen molar-refractivity contribution < 1.29 is 13.2 Å². The third kappa shape index (κ3) is 5.33. The fraction of sp³-hybridized carbons (Fsp3) is 0.136. The van der Waals surface area contributed by atoms with Crippen LogP contribution in [0, 0.1) is 0 Å². The molecule has 156 valence electrons. The minimum absolute atomic E-state index is 0.0695. The highest BCUT2D eigenvalue weighted by Gasteiger charge is 2.25. The maximum absolute atomic E-state index is 12.9. The summed E-state index contributed by atoms with van der Waals surface area (Å²) in [6.45, 7) is -0.435. The van der Waals surface area contributed by atoms with E-state index in [2.05, 4.69) is 5.32 Å². The Labute approximate surface area is 186 Å². The van der Waals surface area contributed by atoms with Crippen molar-refractivity contribution in [2.24, 2.45) is 0 Å². The van der Waals surface area contributed by atoms with Crippen LogP contribution < -0.4 is 9.62 Å². The summed E-state index contributed by atoms with van der Waals surface area (Å²) >= 11 is 12.2. The first-order chi connectivity index (χ1) is 14.3. The van der Waals surface area contributed by atoms with Gasteiger partial charge in [-0.15, -0.1) is 0 Å². The molecule has 3 aromatic carbocycles. The van der Waals surface area contributed by atoms with E-state index in [9.17, 15) is 13.2 Å². The lowest BCUT2D eigenvalue weighted by Gasteiger charge is -2.25. The Hall–Kier alpha value is -2.54. The lowest BCUT2D eigenvalue weighted by Crippen LogP contribution is -2.42. The molecule has 0 saturated carbocycles. The molecule has 0 saturated heterocycles. The van der Waals surface area contributed by atoms with Crippen molar-refractivity contribution in [1.29, 1.82) is 0 Å². The van der Waals surface area contributed by atoms with Crippen LogP contribution in [0.5, 0.6) is 0 Å². The third-order valence-corrected chi connectivity index (χ3v) is 6.39. The summed E-state index contributed by atoms with van der Waals surface area (Å²) < 4.78 is 25.7. The van der Waals surface area contributed by atoms with E-state index >= 15 is 0 Å². The molecule has 1 N–H and O–H groups in total. The van der Waals surface area contributed by atoms with E-state index < -0.39 is 28.5 Å². The fourth-order valence-electron chi connectivity index (χ4n) is 3.05. The number of carbonyl (C=O) groups is 1. The van der Waals surface area contributed by atoms with Gasteiger partial charge < -0.3 is 5.32 Å². The first-order valence-corrected chi connectivity index (χ1v) is 11.7. The van der Waals surface area contributed by atoms with Gasteiger partial charge >= 0.3 is 0 Å². The summed E-state index contributed by atoms with van der Waals surface area (Å²) in [5.41, 5.74) is 1.91. The molecule has 0 heterocycles. The van der Waals surface area contributed by atoms with Gasteiger partial charge in [0.05, 0.1) is 28.0 Å². The Morgan fingerprint density at radius 3 is 1.93 bits per heavy atom. The van der Waals surface area contributed by atoms with E-state index in [0.29, 0.717) is 0 Å². The van der Waals surface area contributed by atoms with Gasteiger partial charge in [-0.05, 0) is 23.3 Å². The minimum Gasteiger partial charge on any atom is -0.344 e. The van der Waals surface area contributed by atoms with Gasteiger partial charge in [-0.2, -0.15) is 0 Å². The van der Waals surface area contributed by atoms with Gasteiger partial charge in [-0.25, -0.2) is 8.42 Å². The number of amides is 1. The zero-order chi connectivity index (χ0) is 21.7. The number of halogens is 2. The van der Waals surface area contributed by atoms with Crippen LogP contribution in [0.25, 0.3) is 0 Å². The second-order valence-electron chi connectivity index (χ2n) is 6.66. The van der Waals surface area contributed by atoms with Crippen molar-refractivity contribution in [3.05, 3.63) is 100 Å². The largest absolute Gasteiger partial charge is 0.344 e. The van der Waals surface area contributed by atoms with Gasteiger partial charge in [0.15, 0.2) is 0 Å². The summed E-state index contributed by atoms with van der Waals surface area (Å²) in [4.78, 5) is 12.9. The predicted molar refractivity (Wildman–Crippen MR) is 122 cm³/mol. The molecule has 0 bridgehead atoms. The second kappa shape index (κ2) is 9.51. The Kier molecular flexibility index (Phi) is 7.02. The highest BCUT2D eigenvalue weighted by Crippen LogP contribution is 2.33. The van der Waals surface area contributed by atoms with Crippen LogP contribution in [-0.4, -0.2) is 27.1 Å².